The minimum Gasteiger partial charge on any atom is -0.337 e. The lowest BCUT2D eigenvalue weighted by molar-refractivity contribution is 0.0698. The van der Waals surface area contributed by atoms with Crippen LogP contribution in [0.25, 0.3) is 10.6 Å². The zero-order valence-corrected chi connectivity index (χ0v) is 16.0. The molecule has 0 radical (unpaired) electrons. The van der Waals surface area contributed by atoms with E-state index in [1.165, 1.54) is 36.6 Å². The summed E-state index contributed by atoms with van der Waals surface area (Å²) < 4.78 is 15.2. The first-order valence-corrected chi connectivity index (χ1v) is 9.76. The number of hydrogen-bond acceptors (Lipinski definition) is 6. The van der Waals surface area contributed by atoms with Crippen LogP contribution in [0.15, 0.2) is 41.2 Å². The van der Waals surface area contributed by atoms with E-state index in [-0.39, 0.29) is 28.9 Å². The van der Waals surface area contributed by atoms with E-state index in [1.54, 1.807) is 23.1 Å². The molecule has 28 heavy (non-hydrogen) atoms. The van der Waals surface area contributed by atoms with Gasteiger partial charge in [0.2, 0.25) is 0 Å². The van der Waals surface area contributed by atoms with Gasteiger partial charge in [0.05, 0.1) is 0 Å². The molecule has 1 fully saturated rings. The van der Waals surface area contributed by atoms with Crippen molar-refractivity contribution < 1.29 is 9.18 Å². The van der Waals surface area contributed by atoms with E-state index in [0.717, 1.165) is 22.5 Å². The van der Waals surface area contributed by atoms with Crippen molar-refractivity contribution >= 4 is 17.2 Å². The van der Waals surface area contributed by atoms with E-state index in [4.69, 9.17) is 0 Å². The summed E-state index contributed by atoms with van der Waals surface area (Å²) in [7, 11) is 1.52. The van der Waals surface area contributed by atoms with E-state index in [0.29, 0.717) is 23.7 Å². The molecule has 4 rings (SSSR count). The van der Waals surface area contributed by atoms with Gasteiger partial charge < -0.3 is 4.90 Å². The molecule has 1 aromatic carbocycles. The molecule has 7 nitrogen and oxygen atoms in total. The van der Waals surface area contributed by atoms with Crippen LogP contribution in [0.3, 0.4) is 0 Å². The molecule has 3 aromatic rings. The second-order valence-corrected chi connectivity index (χ2v) is 7.71. The third-order valence-electron chi connectivity index (χ3n) is 4.78. The third kappa shape index (κ3) is 3.57. The molecule has 1 aliphatic rings. The summed E-state index contributed by atoms with van der Waals surface area (Å²) in [6.45, 7) is 1.12. The second-order valence-electron chi connectivity index (χ2n) is 6.70. The highest BCUT2D eigenvalue weighted by Crippen LogP contribution is 2.33. The van der Waals surface area contributed by atoms with Crippen molar-refractivity contribution in [2.24, 2.45) is 7.05 Å². The number of carbonyl (C=O) groups is 1. The van der Waals surface area contributed by atoms with Crippen LogP contribution in [-0.4, -0.2) is 43.9 Å². The lowest BCUT2D eigenvalue weighted by Gasteiger charge is -2.31. The number of carbonyl (C=O) groups excluding carboxylic acids is 1. The molecule has 0 saturated carbocycles. The normalized spacial score (nSPS) is 16.9. The monoisotopic (exact) mass is 399 g/mol. The molecule has 0 N–H and O–H groups in total. The van der Waals surface area contributed by atoms with Gasteiger partial charge >= 0.3 is 0 Å². The molecule has 0 spiro atoms. The van der Waals surface area contributed by atoms with E-state index < -0.39 is 0 Å². The van der Waals surface area contributed by atoms with Crippen molar-refractivity contribution in [3.63, 3.8) is 0 Å². The van der Waals surface area contributed by atoms with Crippen molar-refractivity contribution in [3.05, 3.63) is 63.3 Å². The highest BCUT2D eigenvalue weighted by molar-refractivity contribution is 7.14. The van der Waals surface area contributed by atoms with Gasteiger partial charge in [0, 0.05) is 37.7 Å². The Balaban J connectivity index is 1.53. The quantitative estimate of drug-likeness (QED) is 0.676. The summed E-state index contributed by atoms with van der Waals surface area (Å²) in [6, 6.07) is 9.28. The van der Waals surface area contributed by atoms with Crippen LogP contribution in [0.4, 0.5) is 4.39 Å². The molecular weight excluding hydrogens is 381 g/mol. The van der Waals surface area contributed by atoms with Crippen molar-refractivity contribution in [1.82, 2.24) is 24.9 Å². The summed E-state index contributed by atoms with van der Waals surface area (Å²) in [4.78, 5) is 26.0. The van der Waals surface area contributed by atoms with Crippen molar-refractivity contribution in [1.29, 1.82) is 0 Å². The zero-order chi connectivity index (χ0) is 19.7. The van der Waals surface area contributed by atoms with Crippen LogP contribution in [0.5, 0.6) is 0 Å². The number of nitrogens with zero attached hydrogens (tertiary/aromatic N) is 5. The Morgan fingerprint density at radius 3 is 2.82 bits per heavy atom. The molecule has 0 aliphatic carbocycles. The van der Waals surface area contributed by atoms with E-state index >= 15 is 0 Å². The van der Waals surface area contributed by atoms with E-state index in [1.807, 2.05) is 0 Å². The predicted molar refractivity (Wildman–Crippen MR) is 103 cm³/mol. The Hall–Kier alpha value is -2.94. The third-order valence-corrected chi connectivity index (χ3v) is 5.90. The van der Waals surface area contributed by atoms with Crippen LogP contribution in [0, 0.1) is 5.82 Å². The summed E-state index contributed by atoms with van der Waals surface area (Å²) in [6.07, 6.45) is 1.72. The molecular formula is C19H18FN5O2S. The summed E-state index contributed by atoms with van der Waals surface area (Å²) in [5, 5.41) is 13.8. The van der Waals surface area contributed by atoms with Gasteiger partial charge in [0.15, 0.2) is 5.01 Å². The second kappa shape index (κ2) is 7.59. The smallest absolute Gasteiger partial charge is 0.274 e. The number of piperidine rings is 1. The number of hydrogen-bond donors (Lipinski definition) is 0. The number of halogens is 1. The Kier molecular flexibility index (Phi) is 4.99. The molecule has 0 unspecified atom stereocenters. The van der Waals surface area contributed by atoms with Gasteiger partial charge in [-0.2, -0.15) is 5.10 Å². The number of aromatic nitrogens is 4. The van der Waals surface area contributed by atoms with Crippen LogP contribution in [0.2, 0.25) is 0 Å². The zero-order valence-electron chi connectivity index (χ0n) is 15.2. The maximum atomic E-state index is 14.0. The summed E-state index contributed by atoms with van der Waals surface area (Å²) in [5.74, 6) is -0.492. The maximum Gasteiger partial charge on any atom is 0.274 e. The Morgan fingerprint density at radius 1 is 1.21 bits per heavy atom. The predicted octanol–water partition coefficient (Wildman–Crippen LogP) is 2.46. The van der Waals surface area contributed by atoms with Crippen LogP contribution in [0.1, 0.15) is 34.3 Å². The highest BCUT2D eigenvalue weighted by Gasteiger charge is 2.29. The van der Waals surface area contributed by atoms with Gasteiger partial charge in [-0.3, -0.25) is 9.59 Å². The molecule has 9 heteroatoms. The molecule has 1 amide bonds. The van der Waals surface area contributed by atoms with Crippen LogP contribution >= 0.6 is 11.3 Å². The average Bonchev–Trinajstić information content (AvgIpc) is 3.20. The highest BCUT2D eigenvalue weighted by atomic mass is 32.1. The topological polar surface area (TPSA) is 81.0 Å². The molecule has 1 atom stereocenters. The fourth-order valence-electron chi connectivity index (χ4n) is 3.28. The minimum absolute atomic E-state index is 0.0447. The van der Waals surface area contributed by atoms with Gasteiger partial charge in [0.1, 0.15) is 16.5 Å². The number of benzene rings is 1. The van der Waals surface area contributed by atoms with Gasteiger partial charge in [-0.1, -0.05) is 23.5 Å². The van der Waals surface area contributed by atoms with Gasteiger partial charge in [0.25, 0.3) is 11.5 Å². The first kappa shape index (κ1) is 18.4. The molecule has 1 saturated heterocycles. The van der Waals surface area contributed by atoms with E-state index in [2.05, 4.69) is 15.3 Å². The van der Waals surface area contributed by atoms with Gasteiger partial charge in [-0.05, 0) is 31.0 Å². The molecule has 0 bridgehead atoms. The molecule has 144 valence electrons. The standard InChI is InChI=1S/C19H18FN5O2S/c1-24-16(26)9-8-15(23-24)19(27)25-10-4-5-12(11-25)17-21-22-18(28-17)13-6-2-3-7-14(13)20/h2-3,6-9,12H,4-5,10-11H2,1H3/t12-/m0/s1. The lowest BCUT2D eigenvalue weighted by Crippen LogP contribution is -2.40. The van der Waals surface area contributed by atoms with Crippen LogP contribution in [-0.2, 0) is 7.05 Å². The van der Waals surface area contributed by atoms with Gasteiger partial charge in [-0.15, -0.1) is 10.2 Å². The summed E-state index contributed by atoms with van der Waals surface area (Å²) >= 11 is 1.36. The number of amides is 1. The average molecular weight is 399 g/mol. The molecule has 1 aliphatic heterocycles. The lowest BCUT2D eigenvalue weighted by atomic mass is 9.98. The van der Waals surface area contributed by atoms with Gasteiger partial charge in [-0.25, -0.2) is 9.07 Å². The maximum absolute atomic E-state index is 14.0. The number of likely N-dealkylation sites (tertiary alicyclic amines) is 1. The first-order valence-electron chi connectivity index (χ1n) is 8.95. The van der Waals surface area contributed by atoms with Crippen molar-refractivity contribution in [2.75, 3.05) is 13.1 Å². The fraction of sp³-hybridized carbons (Fsp3) is 0.316. The Bertz CT molecular complexity index is 1080. The molecule has 3 heterocycles. The van der Waals surface area contributed by atoms with Crippen molar-refractivity contribution in [3.8, 4) is 10.6 Å². The number of aryl methyl sites for hydroxylation is 1. The molecule has 2 aromatic heterocycles. The SMILES string of the molecule is Cn1nc(C(=O)N2CCC[C@H](c3nnc(-c4ccccc4F)s3)C2)ccc1=O. The number of rotatable bonds is 3. The first-order chi connectivity index (χ1) is 13.5. The Labute approximate surface area is 164 Å². The van der Waals surface area contributed by atoms with Crippen LogP contribution < -0.4 is 5.56 Å². The largest absolute Gasteiger partial charge is 0.337 e. The minimum atomic E-state index is -0.327. The van der Waals surface area contributed by atoms with Crippen molar-refractivity contribution in [2.45, 2.75) is 18.8 Å². The fourth-order valence-corrected chi connectivity index (χ4v) is 4.28. The Morgan fingerprint density at radius 2 is 2.04 bits per heavy atom. The van der Waals surface area contributed by atoms with E-state index in [9.17, 15) is 14.0 Å². The summed E-state index contributed by atoms with van der Waals surface area (Å²) in [5.41, 5.74) is 0.416.